The van der Waals surface area contributed by atoms with Gasteiger partial charge in [-0.05, 0) is 42.5 Å². The molecule has 0 aliphatic carbocycles. The highest BCUT2D eigenvalue weighted by molar-refractivity contribution is 5.98. The van der Waals surface area contributed by atoms with Crippen LogP contribution in [-0.2, 0) is 13.5 Å². The van der Waals surface area contributed by atoms with Gasteiger partial charge in [-0.1, -0.05) is 0 Å². The molecule has 0 saturated carbocycles. The van der Waals surface area contributed by atoms with E-state index in [1.54, 1.807) is 23.1 Å². The molecule has 172 valence electrons. The quantitative estimate of drug-likeness (QED) is 0.465. The van der Waals surface area contributed by atoms with Gasteiger partial charge in [0.1, 0.15) is 5.82 Å². The van der Waals surface area contributed by atoms with Crippen molar-refractivity contribution < 1.29 is 4.79 Å². The molecule has 0 radical (unpaired) electrons. The van der Waals surface area contributed by atoms with E-state index >= 15 is 0 Å². The van der Waals surface area contributed by atoms with E-state index in [0.29, 0.717) is 11.0 Å². The molecule has 4 aromatic rings. The fraction of sp³-hybridized carbons (Fsp3) is 0.346. The van der Waals surface area contributed by atoms with Crippen molar-refractivity contribution in [2.75, 3.05) is 31.1 Å². The van der Waals surface area contributed by atoms with E-state index < -0.39 is 0 Å². The zero-order valence-electron chi connectivity index (χ0n) is 19.2. The lowest BCUT2D eigenvalue weighted by Gasteiger charge is -2.48. The number of nitrogens with one attached hydrogen (secondary N) is 1. The lowest BCUT2D eigenvalue weighted by atomic mass is 9.73. The molecule has 6 rings (SSSR count). The van der Waals surface area contributed by atoms with E-state index in [1.165, 1.54) is 12.8 Å². The van der Waals surface area contributed by atoms with E-state index in [9.17, 15) is 4.79 Å². The number of carbonyl (C=O) groups excluding carboxylic acids is 1. The molecule has 2 saturated heterocycles. The second-order valence-corrected chi connectivity index (χ2v) is 9.59. The van der Waals surface area contributed by atoms with Gasteiger partial charge in [0.25, 0.3) is 0 Å². The van der Waals surface area contributed by atoms with Crippen molar-refractivity contribution in [1.29, 1.82) is 0 Å². The molecule has 34 heavy (non-hydrogen) atoms. The Bertz CT molecular complexity index is 1360. The first kappa shape index (κ1) is 20.9. The molecule has 0 amide bonds. The third kappa shape index (κ3) is 3.94. The number of ketones is 1. The Labute approximate surface area is 198 Å². The van der Waals surface area contributed by atoms with Gasteiger partial charge in [-0.2, -0.15) is 5.10 Å². The predicted molar refractivity (Wildman–Crippen MR) is 131 cm³/mol. The molecule has 2 fully saturated rings. The molecule has 1 spiro atoms. The number of hydrogen-bond donors (Lipinski definition) is 1. The normalized spacial score (nSPS) is 17.1. The van der Waals surface area contributed by atoms with Crippen LogP contribution in [0.1, 0.15) is 28.9 Å². The van der Waals surface area contributed by atoms with Crippen LogP contribution in [0, 0.1) is 5.41 Å². The number of piperidine rings is 1. The zero-order chi connectivity index (χ0) is 23.1. The second-order valence-electron chi connectivity index (χ2n) is 9.59. The summed E-state index contributed by atoms with van der Waals surface area (Å²) in [6, 6.07) is 7.76. The lowest BCUT2D eigenvalue weighted by Crippen LogP contribution is -2.58. The molecular weight excluding hydrogens is 426 g/mol. The van der Waals surface area contributed by atoms with Crippen molar-refractivity contribution in [2.24, 2.45) is 12.5 Å². The fourth-order valence-electron chi connectivity index (χ4n) is 4.98. The molecule has 1 N–H and O–H groups in total. The Morgan fingerprint density at radius 2 is 1.88 bits per heavy atom. The van der Waals surface area contributed by atoms with Gasteiger partial charge in [-0.3, -0.25) is 19.4 Å². The number of Topliss-reactive ketones (excluding diaryl/α,β-unsaturated/α-hetero) is 1. The maximum Gasteiger partial charge on any atom is 0.169 e. The van der Waals surface area contributed by atoms with Gasteiger partial charge >= 0.3 is 0 Å². The summed E-state index contributed by atoms with van der Waals surface area (Å²) in [5.41, 5.74) is 4.70. The maximum atomic E-state index is 13.1. The molecule has 0 unspecified atom stereocenters. The molecule has 6 heterocycles. The van der Waals surface area contributed by atoms with Crippen LogP contribution in [0.2, 0.25) is 0 Å². The number of aromatic nitrogens is 5. The van der Waals surface area contributed by atoms with Crippen LogP contribution in [0.15, 0.2) is 55.2 Å². The van der Waals surface area contributed by atoms with Crippen LogP contribution in [0.5, 0.6) is 0 Å². The van der Waals surface area contributed by atoms with E-state index in [4.69, 9.17) is 0 Å². The van der Waals surface area contributed by atoms with Gasteiger partial charge in [0.15, 0.2) is 5.78 Å². The number of hydrogen-bond acceptors (Lipinski definition) is 7. The van der Waals surface area contributed by atoms with Crippen molar-refractivity contribution >= 4 is 22.5 Å². The smallest absolute Gasteiger partial charge is 0.169 e. The number of nitrogens with zero attached hydrogens (tertiary/aromatic N) is 6. The van der Waals surface area contributed by atoms with Crippen molar-refractivity contribution in [3.8, 4) is 11.1 Å². The van der Waals surface area contributed by atoms with E-state index in [2.05, 4.69) is 36.3 Å². The summed E-state index contributed by atoms with van der Waals surface area (Å²) < 4.78 is 1.77. The monoisotopic (exact) mass is 453 g/mol. The largest absolute Gasteiger partial charge is 0.357 e. The minimum atomic E-state index is 0.0449. The van der Waals surface area contributed by atoms with Crippen LogP contribution < -0.4 is 10.2 Å². The van der Waals surface area contributed by atoms with E-state index in [0.717, 1.165) is 59.7 Å². The predicted octanol–water partition coefficient (Wildman–Crippen LogP) is 3.04. The van der Waals surface area contributed by atoms with Gasteiger partial charge in [0, 0.05) is 79.6 Å². The average Bonchev–Trinajstić information content (AvgIpc) is 3.29. The summed E-state index contributed by atoms with van der Waals surface area (Å²) >= 11 is 0. The molecule has 2 aliphatic rings. The summed E-state index contributed by atoms with van der Waals surface area (Å²) in [5.74, 6) is 0.938. The van der Waals surface area contributed by atoms with Gasteiger partial charge in [-0.25, -0.2) is 4.98 Å². The third-order valence-electron chi connectivity index (χ3n) is 7.22. The van der Waals surface area contributed by atoms with Crippen LogP contribution in [0.25, 0.3) is 22.0 Å². The van der Waals surface area contributed by atoms with Gasteiger partial charge < -0.3 is 10.2 Å². The van der Waals surface area contributed by atoms with Crippen molar-refractivity contribution in [3.05, 3.63) is 66.5 Å². The van der Waals surface area contributed by atoms with Crippen molar-refractivity contribution in [3.63, 3.8) is 0 Å². The van der Waals surface area contributed by atoms with Gasteiger partial charge in [0.05, 0.1) is 24.3 Å². The Balaban J connectivity index is 1.19. The fourth-order valence-corrected chi connectivity index (χ4v) is 4.98. The molecule has 0 atom stereocenters. The Hall–Kier alpha value is -3.65. The first-order valence-electron chi connectivity index (χ1n) is 11.8. The molecule has 8 nitrogen and oxygen atoms in total. The molecule has 8 heteroatoms. The minimum Gasteiger partial charge on any atom is -0.357 e. The number of carbonyl (C=O) groups is 1. The first-order chi connectivity index (χ1) is 16.6. The standard InChI is InChI=1S/C26H27N7O/c1-32-15-21(13-31-32)20-8-19-9-22(29-14-23(19)30-12-20)11-24(34)18-2-5-28-25(10-18)33-6-3-26(4-7-33)16-27-17-26/h2,5,8-10,12-15,27H,3-4,6-7,11,16-17H2,1H3. The van der Waals surface area contributed by atoms with E-state index in [-0.39, 0.29) is 12.2 Å². The number of pyridine rings is 3. The lowest BCUT2D eigenvalue weighted by molar-refractivity contribution is 0.0991. The minimum absolute atomic E-state index is 0.0449. The van der Waals surface area contributed by atoms with E-state index in [1.807, 2.05) is 37.8 Å². The third-order valence-corrected chi connectivity index (χ3v) is 7.22. The molecule has 4 aromatic heterocycles. The Morgan fingerprint density at radius 1 is 1.03 bits per heavy atom. The Morgan fingerprint density at radius 3 is 2.62 bits per heavy atom. The van der Waals surface area contributed by atoms with Crippen molar-refractivity contribution in [2.45, 2.75) is 19.3 Å². The number of aryl methyl sites for hydroxylation is 1. The van der Waals surface area contributed by atoms with Gasteiger partial charge in [-0.15, -0.1) is 0 Å². The topological polar surface area (TPSA) is 88.8 Å². The molecular formula is C26H27N7O. The maximum absolute atomic E-state index is 13.1. The first-order valence-corrected chi connectivity index (χ1v) is 11.8. The summed E-state index contributed by atoms with van der Waals surface area (Å²) in [4.78, 5) is 29.0. The SMILES string of the molecule is Cn1cc(-c2cnc3cnc(CC(=O)c4ccnc(N5CCC6(CC5)CNC6)c4)cc3c2)cn1. The van der Waals surface area contributed by atoms with Crippen molar-refractivity contribution in [1.82, 2.24) is 30.0 Å². The summed E-state index contributed by atoms with van der Waals surface area (Å²) in [6.07, 6.45) is 11.7. The summed E-state index contributed by atoms with van der Waals surface area (Å²) in [7, 11) is 1.89. The number of fused-ring (bicyclic) bond motifs is 1. The van der Waals surface area contributed by atoms with Crippen LogP contribution in [0.4, 0.5) is 5.82 Å². The highest BCUT2D eigenvalue weighted by Gasteiger charge is 2.39. The Kier molecular flexibility index (Phi) is 5.10. The van der Waals surface area contributed by atoms with Crippen LogP contribution in [-0.4, -0.2) is 56.7 Å². The van der Waals surface area contributed by atoms with Crippen LogP contribution >= 0.6 is 0 Å². The average molecular weight is 454 g/mol. The summed E-state index contributed by atoms with van der Waals surface area (Å²) in [5, 5.41) is 8.60. The summed E-state index contributed by atoms with van der Waals surface area (Å²) in [6.45, 7) is 4.24. The van der Waals surface area contributed by atoms with Crippen LogP contribution in [0.3, 0.4) is 0 Å². The molecule has 2 aliphatic heterocycles. The highest BCUT2D eigenvalue weighted by atomic mass is 16.1. The molecule has 0 aromatic carbocycles. The highest BCUT2D eigenvalue weighted by Crippen LogP contribution is 2.36. The second kappa shape index (κ2) is 8.29. The van der Waals surface area contributed by atoms with Gasteiger partial charge in [0.2, 0.25) is 0 Å². The molecule has 0 bridgehead atoms. The number of rotatable bonds is 5. The number of anilines is 1. The zero-order valence-corrected chi connectivity index (χ0v) is 19.2.